The Balaban J connectivity index is 1.84. The Hall–Kier alpha value is -1.83. The highest BCUT2D eigenvalue weighted by atomic mass is 16.5. The lowest BCUT2D eigenvalue weighted by Gasteiger charge is -2.19. The standard InChI is InChI=1S/C14H15NO3/c16-13(7-6-12-4-2-1-3-5-12)15-10-14(17)8-9-18-11-14/h1-5,17H,8-11H2,(H,15,16). The number of carbonyl (C=O) groups is 1. The van der Waals surface area contributed by atoms with Crippen LogP contribution in [-0.2, 0) is 9.53 Å². The molecule has 94 valence electrons. The average molecular weight is 245 g/mol. The maximum atomic E-state index is 11.5. The molecule has 0 spiro atoms. The lowest BCUT2D eigenvalue weighted by molar-refractivity contribution is -0.116. The van der Waals surface area contributed by atoms with Crippen LogP contribution in [0, 0.1) is 11.8 Å². The molecule has 2 N–H and O–H groups in total. The summed E-state index contributed by atoms with van der Waals surface area (Å²) < 4.78 is 5.08. The molecular formula is C14H15NO3. The maximum absolute atomic E-state index is 11.5. The number of nitrogens with one attached hydrogen (secondary N) is 1. The van der Waals surface area contributed by atoms with Crippen molar-refractivity contribution in [3.05, 3.63) is 35.9 Å². The first-order chi connectivity index (χ1) is 8.68. The number of amides is 1. The van der Waals surface area contributed by atoms with Crippen molar-refractivity contribution in [2.24, 2.45) is 0 Å². The topological polar surface area (TPSA) is 58.6 Å². The van der Waals surface area contributed by atoms with Crippen LogP contribution in [-0.4, -0.2) is 36.4 Å². The van der Waals surface area contributed by atoms with Crippen molar-refractivity contribution in [1.82, 2.24) is 5.32 Å². The summed E-state index contributed by atoms with van der Waals surface area (Å²) in [5.41, 5.74) is -0.153. The monoisotopic (exact) mass is 245 g/mol. The average Bonchev–Trinajstić information content (AvgIpc) is 2.83. The molecule has 1 aromatic carbocycles. The molecule has 4 heteroatoms. The van der Waals surface area contributed by atoms with Crippen molar-refractivity contribution >= 4 is 5.91 Å². The van der Waals surface area contributed by atoms with E-state index in [9.17, 15) is 9.90 Å². The van der Waals surface area contributed by atoms with Crippen molar-refractivity contribution in [3.63, 3.8) is 0 Å². The van der Waals surface area contributed by atoms with Crippen LogP contribution in [0.2, 0.25) is 0 Å². The first kappa shape index (κ1) is 12.6. The molecule has 1 amide bonds. The fraction of sp³-hybridized carbons (Fsp3) is 0.357. The fourth-order valence-corrected chi connectivity index (χ4v) is 1.68. The van der Waals surface area contributed by atoms with Gasteiger partial charge in [-0.25, -0.2) is 0 Å². The van der Waals surface area contributed by atoms with Gasteiger partial charge in [-0.15, -0.1) is 0 Å². The van der Waals surface area contributed by atoms with Gasteiger partial charge >= 0.3 is 0 Å². The van der Waals surface area contributed by atoms with E-state index in [1.165, 1.54) is 0 Å². The number of ether oxygens (including phenoxy) is 1. The van der Waals surface area contributed by atoms with Gasteiger partial charge in [0.2, 0.25) is 0 Å². The van der Waals surface area contributed by atoms with Crippen molar-refractivity contribution in [3.8, 4) is 11.8 Å². The van der Waals surface area contributed by atoms with E-state index in [1.54, 1.807) is 0 Å². The van der Waals surface area contributed by atoms with Crippen LogP contribution >= 0.6 is 0 Å². The SMILES string of the molecule is O=C(C#Cc1ccccc1)NCC1(O)CCOC1. The summed E-state index contributed by atoms with van der Waals surface area (Å²) >= 11 is 0. The molecule has 18 heavy (non-hydrogen) atoms. The molecule has 0 radical (unpaired) electrons. The molecule has 1 unspecified atom stereocenters. The molecule has 1 aliphatic rings. The Bertz CT molecular complexity index is 467. The molecule has 0 saturated carbocycles. The summed E-state index contributed by atoms with van der Waals surface area (Å²) in [7, 11) is 0. The van der Waals surface area contributed by atoms with Gasteiger partial charge in [-0.1, -0.05) is 24.1 Å². The Kier molecular flexibility index (Phi) is 3.98. The first-order valence-corrected chi connectivity index (χ1v) is 5.83. The van der Waals surface area contributed by atoms with Crippen LogP contribution in [0.3, 0.4) is 0 Å². The van der Waals surface area contributed by atoms with Crippen LogP contribution in [0.1, 0.15) is 12.0 Å². The molecule has 0 bridgehead atoms. The molecule has 1 atom stereocenters. The quantitative estimate of drug-likeness (QED) is 0.737. The van der Waals surface area contributed by atoms with Crippen molar-refractivity contribution in [2.45, 2.75) is 12.0 Å². The predicted molar refractivity (Wildman–Crippen MR) is 66.7 cm³/mol. The minimum atomic E-state index is -0.940. The van der Waals surface area contributed by atoms with Gasteiger partial charge in [-0.2, -0.15) is 0 Å². The van der Waals surface area contributed by atoms with E-state index >= 15 is 0 Å². The van der Waals surface area contributed by atoms with Crippen LogP contribution in [0.5, 0.6) is 0 Å². The van der Waals surface area contributed by atoms with Crippen molar-refractivity contribution < 1.29 is 14.6 Å². The van der Waals surface area contributed by atoms with Crippen molar-refractivity contribution in [1.29, 1.82) is 0 Å². The largest absolute Gasteiger partial charge is 0.386 e. The summed E-state index contributed by atoms with van der Waals surface area (Å²) in [5.74, 6) is 4.86. The summed E-state index contributed by atoms with van der Waals surface area (Å²) in [4.78, 5) is 11.5. The Labute approximate surface area is 106 Å². The number of carbonyl (C=O) groups excluding carboxylic acids is 1. The minimum absolute atomic E-state index is 0.176. The molecule has 0 aliphatic carbocycles. The van der Waals surface area contributed by atoms with Gasteiger partial charge in [-0.05, 0) is 12.1 Å². The second kappa shape index (κ2) is 5.67. The van der Waals surface area contributed by atoms with E-state index in [1.807, 2.05) is 30.3 Å². The summed E-state index contributed by atoms with van der Waals surface area (Å²) in [6.07, 6.45) is 0.541. The number of aliphatic hydroxyl groups is 1. The minimum Gasteiger partial charge on any atom is -0.386 e. The Morgan fingerprint density at radius 3 is 2.89 bits per heavy atom. The molecular weight excluding hydrogens is 230 g/mol. The fourth-order valence-electron chi connectivity index (χ4n) is 1.68. The van der Waals surface area contributed by atoms with Crippen molar-refractivity contribution in [2.75, 3.05) is 19.8 Å². The summed E-state index contributed by atoms with van der Waals surface area (Å²) in [6.45, 7) is 0.969. The summed E-state index contributed by atoms with van der Waals surface area (Å²) in [5, 5.41) is 12.5. The van der Waals surface area contributed by atoms with E-state index in [2.05, 4.69) is 17.2 Å². The van der Waals surface area contributed by atoms with Gasteiger partial charge in [0.1, 0.15) is 5.60 Å². The van der Waals surface area contributed by atoms with Gasteiger partial charge < -0.3 is 15.2 Å². The van der Waals surface area contributed by atoms with Gasteiger partial charge in [-0.3, -0.25) is 4.79 Å². The van der Waals surface area contributed by atoms with Gasteiger partial charge in [0.05, 0.1) is 6.61 Å². The molecule has 4 nitrogen and oxygen atoms in total. The van der Waals surface area contributed by atoms with E-state index in [0.717, 1.165) is 5.56 Å². The Morgan fingerprint density at radius 2 is 2.22 bits per heavy atom. The predicted octanol–water partition coefficient (Wildman–Crippen LogP) is 0.306. The smallest absolute Gasteiger partial charge is 0.296 e. The second-order valence-corrected chi connectivity index (χ2v) is 4.33. The molecule has 1 fully saturated rings. The number of benzene rings is 1. The van der Waals surface area contributed by atoms with Crippen LogP contribution in [0.15, 0.2) is 30.3 Å². The van der Waals surface area contributed by atoms with Crippen LogP contribution in [0.25, 0.3) is 0 Å². The third kappa shape index (κ3) is 3.59. The second-order valence-electron chi connectivity index (χ2n) is 4.33. The summed E-state index contributed by atoms with van der Waals surface area (Å²) in [6, 6.07) is 9.28. The zero-order valence-corrected chi connectivity index (χ0v) is 9.98. The zero-order valence-electron chi connectivity index (χ0n) is 9.98. The number of rotatable bonds is 2. The zero-order chi connectivity index (χ0) is 12.8. The van der Waals surface area contributed by atoms with E-state index in [-0.39, 0.29) is 19.1 Å². The molecule has 1 aromatic rings. The number of hydrogen-bond acceptors (Lipinski definition) is 3. The van der Waals surface area contributed by atoms with Gasteiger partial charge in [0, 0.05) is 31.1 Å². The molecule has 2 rings (SSSR count). The lowest BCUT2D eigenvalue weighted by Crippen LogP contribution is -2.43. The highest BCUT2D eigenvalue weighted by molar-refractivity contribution is 5.94. The normalized spacial score (nSPS) is 22.1. The van der Waals surface area contributed by atoms with Gasteiger partial charge in [0.15, 0.2) is 0 Å². The number of hydrogen-bond donors (Lipinski definition) is 2. The molecule has 1 heterocycles. The van der Waals surface area contributed by atoms with Crippen LogP contribution < -0.4 is 5.32 Å². The van der Waals surface area contributed by atoms with E-state index in [4.69, 9.17) is 4.74 Å². The first-order valence-electron chi connectivity index (χ1n) is 5.83. The molecule has 0 aromatic heterocycles. The third-order valence-corrected chi connectivity index (χ3v) is 2.75. The van der Waals surface area contributed by atoms with E-state index in [0.29, 0.717) is 13.0 Å². The lowest BCUT2D eigenvalue weighted by atomic mass is 10.0. The van der Waals surface area contributed by atoms with E-state index < -0.39 is 5.60 Å². The third-order valence-electron chi connectivity index (χ3n) is 2.75. The highest BCUT2D eigenvalue weighted by Crippen LogP contribution is 2.16. The maximum Gasteiger partial charge on any atom is 0.296 e. The highest BCUT2D eigenvalue weighted by Gasteiger charge is 2.32. The molecule has 1 aliphatic heterocycles. The van der Waals surface area contributed by atoms with Crippen LogP contribution in [0.4, 0.5) is 0 Å². The van der Waals surface area contributed by atoms with Gasteiger partial charge in [0.25, 0.3) is 5.91 Å². The molecule has 1 saturated heterocycles. The Morgan fingerprint density at radius 1 is 1.44 bits per heavy atom.